The van der Waals surface area contributed by atoms with Crippen LogP contribution in [0.1, 0.15) is 28.9 Å². The van der Waals surface area contributed by atoms with E-state index in [1.165, 1.54) is 0 Å². The number of ketones is 1. The SMILES string of the molecule is [2H]C([2H])([2H])C(Br)(C(C)=O)C([2H])([2H])[2H]. The van der Waals surface area contributed by atoms with Crippen molar-refractivity contribution in [1.29, 1.82) is 0 Å². The Morgan fingerprint density at radius 2 is 2.29 bits per heavy atom. The highest BCUT2D eigenvalue weighted by molar-refractivity contribution is 9.10. The van der Waals surface area contributed by atoms with Gasteiger partial charge in [0.2, 0.25) is 0 Å². The molecule has 0 aromatic carbocycles. The van der Waals surface area contributed by atoms with Crippen LogP contribution >= 0.6 is 15.9 Å². The first-order valence-electron chi connectivity index (χ1n) is 4.64. The van der Waals surface area contributed by atoms with Crippen LogP contribution in [0.3, 0.4) is 0 Å². The second kappa shape index (κ2) is 1.95. The summed E-state index contributed by atoms with van der Waals surface area (Å²) in [6.45, 7) is -4.83. The van der Waals surface area contributed by atoms with Crippen LogP contribution in [0.25, 0.3) is 0 Å². The molecule has 0 aliphatic rings. The number of halogens is 1. The summed E-state index contributed by atoms with van der Waals surface area (Å²) in [5.41, 5.74) is 0. The molecule has 2 heteroatoms. The summed E-state index contributed by atoms with van der Waals surface area (Å²) in [7, 11) is 0. The van der Waals surface area contributed by atoms with Crippen molar-refractivity contribution in [3.8, 4) is 0 Å². The number of hydrogen-bond acceptors (Lipinski definition) is 1. The Kier molecular flexibility index (Phi) is 0.510. The number of carbonyl (C=O) groups is 1. The lowest BCUT2D eigenvalue weighted by atomic mass is 10.1. The van der Waals surface area contributed by atoms with Gasteiger partial charge in [-0.3, -0.25) is 4.79 Å². The quantitative estimate of drug-likeness (QED) is 0.549. The van der Waals surface area contributed by atoms with E-state index in [1.807, 2.05) is 0 Å². The third-order valence-corrected chi connectivity index (χ3v) is 1.04. The summed E-state index contributed by atoms with van der Waals surface area (Å²) >= 11 is 2.52. The fourth-order valence-corrected chi connectivity index (χ4v) is 0. The van der Waals surface area contributed by atoms with Gasteiger partial charge in [-0.05, 0) is 20.6 Å². The minimum Gasteiger partial charge on any atom is -0.298 e. The third-order valence-electron chi connectivity index (χ3n) is 0.485. The van der Waals surface area contributed by atoms with Gasteiger partial charge in [0, 0.05) is 8.22 Å². The maximum atomic E-state index is 11.0. The summed E-state index contributed by atoms with van der Waals surface area (Å²) in [6, 6.07) is 0. The first-order chi connectivity index (χ1) is 5.44. The predicted molar refractivity (Wildman–Crippen MR) is 33.7 cm³/mol. The van der Waals surface area contributed by atoms with Crippen LogP contribution < -0.4 is 0 Å². The second-order valence-electron chi connectivity index (χ2n) is 1.21. The molecular formula is C5H9BrO. The van der Waals surface area contributed by atoms with Crippen molar-refractivity contribution in [3.63, 3.8) is 0 Å². The van der Waals surface area contributed by atoms with E-state index in [1.54, 1.807) is 0 Å². The van der Waals surface area contributed by atoms with Crippen LogP contribution in [0.15, 0.2) is 0 Å². The van der Waals surface area contributed by atoms with E-state index >= 15 is 0 Å². The van der Waals surface area contributed by atoms with Gasteiger partial charge in [0.15, 0.2) is 0 Å². The van der Waals surface area contributed by atoms with Crippen molar-refractivity contribution in [2.45, 2.75) is 25.0 Å². The lowest BCUT2D eigenvalue weighted by molar-refractivity contribution is -0.118. The van der Waals surface area contributed by atoms with Crippen LogP contribution in [0.5, 0.6) is 0 Å². The zero-order chi connectivity index (χ0) is 11.1. The molecule has 0 atom stereocenters. The first kappa shape index (κ1) is 1.83. The molecule has 0 aromatic rings. The smallest absolute Gasteiger partial charge is 0.145 e. The van der Waals surface area contributed by atoms with Gasteiger partial charge in [-0.1, -0.05) is 15.9 Å². The maximum absolute atomic E-state index is 11.0. The fourth-order valence-electron chi connectivity index (χ4n) is 0. The fraction of sp³-hybridized carbons (Fsp3) is 0.800. The highest BCUT2D eigenvalue weighted by Gasteiger charge is 2.17. The van der Waals surface area contributed by atoms with Crippen molar-refractivity contribution in [3.05, 3.63) is 0 Å². The number of rotatable bonds is 1. The zero-order valence-electron chi connectivity index (χ0n) is 9.79. The molecule has 1 nitrogen and oxygen atoms in total. The van der Waals surface area contributed by atoms with E-state index in [-0.39, 0.29) is 0 Å². The van der Waals surface area contributed by atoms with Crippen LogP contribution in [0.2, 0.25) is 0 Å². The minimum atomic E-state index is -2.88. The minimum absolute atomic E-state index is 0.924. The molecule has 42 valence electrons. The number of Topliss-reactive ketones (excluding diaryl/α,β-unsaturated/α-hetero) is 1. The van der Waals surface area contributed by atoms with Crippen molar-refractivity contribution in [2.75, 3.05) is 0 Å². The Morgan fingerprint density at radius 3 is 2.29 bits per heavy atom. The molecule has 0 aliphatic carbocycles. The molecule has 0 fully saturated rings. The van der Waals surface area contributed by atoms with E-state index in [9.17, 15) is 4.79 Å². The molecule has 0 heterocycles. The highest BCUT2D eigenvalue weighted by Crippen LogP contribution is 2.15. The van der Waals surface area contributed by atoms with Crippen LogP contribution in [0, 0.1) is 0 Å². The normalized spacial score (nSPS) is 27.7. The second-order valence-corrected chi connectivity index (χ2v) is 2.40. The van der Waals surface area contributed by atoms with Gasteiger partial charge < -0.3 is 0 Å². The van der Waals surface area contributed by atoms with Gasteiger partial charge in [-0.25, -0.2) is 0 Å². The molecule has 0 saturated carbocycles. The number of hydrogen-bond donors (Lipinski definition) is 0. The standard InChI is InChI=1S/C5H9BrO/c1-4(7)5(2,3)6/h1-3H3/i2D3,3D3. The highest BCUT2D eigenvalue weighted by atomic mass is 79.9. The maximum Gasteiger partial charge on any atom is 0.145 e. The third kappa shape index (κ3) is 2.80. The molecule has 0 unspecified atom stereocenters. The van der Waals surface area contributed by atoms with Crippen LogP contribution in [-0.4, -0.2) is 10.1 Å². The molecular weight excluding hydrogens is 156 g/mol. The summed E-state index contributed by atoms with van der Waals surface area (Å²) in [6.07, 6.45) is 0. The number of alkyl halides is 1. The van der Waals surface area contributed by atoms with Gasteiger partial charge in [-0.15, -0.1) is 0 Å². The van der Waals surface area contributed by atoms with E-state index < -0.39 is 23.8 Å². The lowest BCUT2D eigenvalue weighted by Crippen LogP contribution is -2.19. The van der Waals surface area contributed by atoms with Gasteiger partial charge in [0.1, 0.15) is 5.78 Å². The summed E-state index contributed by atoms with van der Waals surface area (Å²) < 4.78 is 39.4. The van der Waals surface area contributed by atoms with Gasteiger partial charge >= 0.3 is 0 Å². The molecule has 0 radical (unpaired) electrons. The Labute approximate surface area is 60.7 Å². The predicted octanol–water partition coefficient (Wildman–Crippen LogP) is 1.75. The van der Waals surface area contributed by atoms with Gasteiger partial charge in [-0.2, -0.15) is 0 Å². The van der Waals surface area contributed by atoms with Gasteiger partial charge in [0.05, 0.1) is 4.32 Å². The van der Waals surface area contributed by atoms with Gasteiger partial charge in [0.25, 0.3) is 0 Å². The van der Waals surface area contributed by atoms with E-state index in [0.717, 1.165) is 6.92 Å². The largest absolute Gasteiger partial charge is 0.298 e. The van der Waals surface area contributed by atoms with Crippen LogP contribution in [0.4, 0.5) is 0 Å². The van der Waals surface area contributed by atoms with Crippen molar-refractivity contribution < 1.29 is 13.0 Å². The monoisotopic (exact) mass is 170 g/mol. The molecule has 0 bridgehead atoms. The molecule has 0 N–H and O–H groups in total. The topological polar surface area (TPSA) is 17.1 Å². The van der Waals surface area contributed by atoms with E-state index in [2.05, 4.69) is 15.9 Å². The summed E-state index contributed by atoms with van der Waals surface area (Å²) in [5.74, 6) is -0.924. The molecule has 0 aromatic heterocycles. The van der Waals surface area contributed by atoms with Crippen molar-refractivity contribution in [1.82, 2.24) is 0 Å². The molecule has 7 heavy (non-hydrogen) atoms. The average molecular weight is 171 g/mol. The molecule has 0 rings (SSSR count). The van der Waals surface area contributed by atoms with E-state index in [4.69, 9.17) is 8.22 Å². The first-order valence-corrected chi connectivity index (χ1v) is 2.44. The average Bonchev–Trinajstić information content (AvgIpc) is 1.80. The van der Waals surface area contributed by atoms with Crippen LogP contribution in [-0.2, 0) is 4.79 Å². The Bertz CT molecular complexity index is 202. The summed E-state index contributed by atoms with van der Waals surface area (Å²) in [5, 5.41) is 0. The molecule has 0 amide bonds. The van der Waals surface area contributed by atoms with E-state index in [0.29, 0.717) is 0 Å². The Hall–Kier alpha value is 0.150. The van der Waals surface area contributed by atoms with Crippen molar-refractivity contribution in [2.24, 2.45) is 0 Å². The zero-order valence-corrected chi connectivity index (χ0v) is 5.37. The molecule has 0 spiro atoms. The molecule has 0 aliphatic heterocycles. The molecule has 0 saturated heterocycles. The number of carbonyl (C=O) groups excluding carboxylic acids is 1. The van der Waals surface area contributed by atoms with Crippen molar-refractivity contribution >= 4 is 21.7 Å². The lowest BCUT2D eigenvalue weighted by Gasteiger charge is -2.08. The Balaban J connectivity index is 5.35. The Morgan fingerprint density at radius 1 is 1.86 bits per heavy atom. The summed E-state index contributed by atoms with van der Waals surface area (Å²) in [4.78, 5) is 11.0.